The SMILES string of the molecule is O=C([O-])CCC(=O)Nc1nc(-c2cc(Cl)ccc2Cl)cs1. The number of aromatic nitrogens is 1. The number of amides is 1. The highest BCUT2D eigenvalue weighted by Gasteiger charge is 2.11. The lowest BCUT2D eigenvalue weighted by Gasteiger charge is -2.03. The van der Waals surface area contributed by atoms with Crippen LogP contribution in [0.15, 0.2) is 23.6 Å². The van der Waals surface area contributed by atoms with Gasteiger partial charge in [0.05, 0.1) is 10.7 Å². The number of hydrogen-bond donors (Lipinski definition) is 1. The van der Waals surface area contributed by atoms with Gasteiger partial charge in [-0.3, -0.25) is 4.79 Å². The van der Waals surface area contributed by atoms with E-state index in [2.05, 4.69) is 10.3 Å². The molecule has 0 radical (unpaired) electrons. The van der Waals surface area contributed by atoms with Crippen LogP contribution in [0.3, 0.4) is 0 Å². The zero-order valence-electron chi connectivity index (χ0n) is 10.6. The van der Waals surface area contributed by atoms with E-state index in [0.29, 0.717) is 26.4 Å². The number of halogens is 2. The van der Waals surface area contributed by atoms with Gasteiger partial charge < -0.3 is 15.2 Å². The lowest BCUT2D eigenvalue weighted by atomic mass is 10.2. The molecule has 0 aliphatic carbocycles. The number of nitrogens with one attached hydrogen (secondary N) is 1. The Bertz CT molecular complexity index is 688. The number of thiazole rings is 1. The van der Waals surface area contributed by atoms with Crippen molar-refractivity contribution in [1.82, 2.24) is 4.98 Å². The summed E-state index contributed by atoms with van der Waals surface area (Å²) in [6.07, 6.45) is -0.487. The zero-order chi connectivity index (χ0) is 15.4. The van der Waals surface area contributed by atoms with E-state index < -0.39 is 11.9 Å². The molecule has 0 atom stereocenters. The van der Waals surface area contributed by atoms with Crippen molar-refractivity contribution < 1.29 is 14.7 Å². The van der Waals surface area contributed by atoms with Crippen molar-refractivity contribution in [3.05, 3.63) is 33.6 Å². The van der Waals surface area contributed by atoms with Gasteiger partial charge in [0.1, 0.15) is 0 Å². The molecule has 0 spiro atoms. The normalized spacial score (nSPS) is 10.4. The van der Waals surface area contributed by atoms with Crippen molar-refractivity contribution in [3.63, 3.8) is 0 Å². The average Bonchev–Trinajstić information content (AvgIpc) is 2.87. The number of carbonyl (C=O) groups is 2. The predicted molar refractivity (Wildman–Crippen MR) is 80.4 cm³/mol. The molecule has 0 fully saturated rings. The predicted octanol–water partition coefficient (Wildman–Crippen LogP) is 2.59. The van der Waals surface area contributed by atoms with Gasteiger partial charge in [-0.1, -0.05) is 23.2 Å². The third kappa shape index (κ3) is 4.42. The smallest absolute Gasteiger partial charge is 0.226 e. The van der Waals surface area contributed by atoms with E-state index >= 15 is 0 Å². The minimum atomic E-state index is -1.27. The quantitative estimate of drug-likeness (QED) is 0.904. The van der Waals surface area contributed by atoms with Crippen LogP contribution in [-0.2, 0) is 9.59 Å². The molecule has 0 saturated carbocycles. The molecule has 1 aromatic carbocycles. The molecule has 8 heteroatoms. The number of carboxylic acid groups (broad SMARTS) is 1. The molecule has 0 bridgehead atoms. The Balaban J connectivity index is 2.09. The van der Waals surface area contributed by atoms with Crippen molar-refractivity contribution in [2.45, 2.75) is 12.8 Å². The van der Waals surface area contributed by atoms with Gasteiger partial charge in [0, 0.05) is 28.4 Å². The summed E-state index contributed by atoms with van der Waals surface area (Å²) in [4.78, 5) is 26.0. The molecule has 2 rings (SSSR count). The van der Waals surface area contributed by atoms with Gasteiger partial charge in [0.15, 0.2) is 5.13 Å². The lowest BCUT2D eigenvalue weighted by molar-refractivity contribution is -0.305. The monoisotopic (exact) mass is 343 g/mol. The Hall–Kier alpha value is -1.63. The molecule has 110 valence electrons. The van der Waals surface area contributed by atoms with Crippen LogP contribution in [0.1, 0.15) is 12.8 Å². The van der Waals surface area contributed by atoms with Crippen molar-refractivity contribution in [3.8, 4) is 11.3 Å². The first-order valence-electron chi connectivity index (χ1n) is 5.86. The van der Waals surface area contributed by atoms with Gasteiger partial charge in [0.2, 0.25) is 5.91 Å². The highest BCUT2D eigenvalue weighted by Crippen LogP contribution is 2.32. The Morgan fingerprint density at radius 2 is 2.05 bits per heavy atom. The Morgan fingerprint density at radius 1 is 1.29 bits per heavy atom. The van der Waals surface area contributed by atoms with Crippen LogP contribution in [0.4, 0.5) is 5.13 Å². The van der Waals surface area contributed by atoms with Crippen LogP contribution in [0, 0.1) is 0 Å². The van der Waals surface area contributed by atoms with E-state index in [1.165, 1.54) is 11.3 Å². The largest absolute Gasteiger partial charge is 0.550 e. The molecular weight excluding hydrogens is 335 g/mol. The van der Waals surface area contributed by atoms with Gasteiger partial charge in [0.25, 0.3) is 0 Å². The second-order valence-corrected chi connectivity index (χ2v) is 5.78. The highest BCUT2D eigenvalue weighted by atomic mass is 35.5. The fourth-order valence-electron chi connectivity index (χ4n) is 1.55. The first-order valence-corrected chi connectivity index (χ1v) is 7.50. The fraction of sp³-hybridized carbons (Fsp3) is 0.154. The van der Waals surface area contributed by atoms with Crippen LogP contribution >= 0.6 is 34.5 Å². The summed E-state index contributed by atoms with van der Waals surface area (Å²) in [5, 5.41) is 15.9. The fourth-order valence-corrected chi connectivity index (χ4v) is 2.66. The third-order valence-electron chi connectivity index (χ3n) is 2.51. The minimum Gasteiger partial charge on any atom is -0.550 e. The molecule has 1 N–H and O–H groups in total. The second kappa shape index (κ2) is 6.89. The summed E-state index contributed by atoms with van der Waals surface area (Å²) >= 11 is 13.2. The first kappa shape index (κ1) is 15.8. The number of anilines is 1. The number of carboxylic acids is 1. The first-order chi connectivity index (χ1) is 9.95. The van der Waals surface area contributed by atoms with E-state index in [-0.39, 0.29) is 12.8 Å². The van der Waals surface area contributed by atoms with Gasteiger partial charge in [-0.05, 0) is 24.6 Å². The van der Waals surface area contributed by atoms with Crippen molar-refractivity contribution >= 4 is 51.5 Å². The van der Waals surface area contributed by atoms with Crippen LogP contribution in [0.25, 0.3) is 11.3 Å². The van der Waals surface area contributed by atoms with Crippen LogP contribution in [-0.4, -0.2) is 16.9 Å². The van der Waals surface area contributed by atoms with Gasteiger partial charge in [-0.15, -0.1) is 11.3 Å². The summed E-state index contributed by atoms with van der Waals surface area (Å²) in [7, 11) is 0. The van der Waals surface area contributed by atoms with Crippen LogP contribution in [0.2, 0.25) is 10.0 Å². The Kier molecular flexibility index (Phi) is 5.17. The molecule has 1 heterocycles. The van der Waals surface area contributed by atoms with E-state index in [1.54, 1.807) is 23.6 Å². The molecule has 5 nitrogen and oxygen atoms in total. The maximum Gasteiger partial charge on any atom is 0.226 e. The summed E-state index contributed by atoms with van der Waals surface area (Å²) in [5.74, 6) is -1.70. The Morgan fingerprint density at radius 3 is 2.76 bits per heavy atom. The molecule has 0 unspecified atom stereocenters. The molecule has 0 aliphatic rings. The van der Waals surface area contributed by atoms with Crippen LogP contribution < -0.4 is 10.4 Å². The number of aliphatic carboxylic acids is 1. The molecule has 2 aromatic rings. The number of nitrogens with zero attached hydrogens (tertiary/aromatic N) is 1. The summed E-state index contributed by atoms with van der Waals surface area (Å²) in [6.45, 7) is 0. The van der Waals surface area contributed by atoms with E-state index in [9.17, 15) is 14.7 Å². The molecule has 21 heavy (non-hydrogen) atoms. The number of hydrogen-bond acceptors (Lipinski definition) is 5. The molecule has 1 aromatic heterocycles. The van der Waals surface area contributed by atoms with Gasteiger partial charge in [-0.25, -0.2) is 4.98 Å². The maximum atomic E-state index is 11.5. The standard InChI is InChI=1S/C13H10Cl2N2O3S/c14-7-1-2-9(15)8(5-7)10-6-21-13(16-10)17-11(18)3-4-12(19)20/h1-2,5-6H,3-4H2,(H,19,20)(H,16,17,18)/p-1. The van der Waals surface area contributed by atoms with Crippen molar-refractivity contribution in [2.24, 2.45) is 0 Å². The number of benzene rings is 1. The van der Waals surface area contributed by atoms with Crippen LogP contribution in [0.5, 0.6) is 0 Å². The van der Waals surface area contributed by atoms with Gasteiger partial charge in [-0.2, -0.15) is 0 Å². The van der Waals surface area contributed by atoms with E-state index in [0.717, 1.165) is 0 Å². The summed E-state index contributed by atoms with van der Waals surface area (Å²) in [6, 6.07) is 5.01. The molecule has 0 aliphatic heterocycles. The van der Waals surface area contributed by atoms with E-state index in [4.69, 9.17) is 23.2 Å². The minimum absolute atomic E-state index is 0.158. The maximum absolute atomic E-state index is 11.5. The van der Waals surface area contributed by atoms with Crippen molar-refractivity contribution in [1.29, 1.82) is 0 Å². The molecular formula is C13H9Cl2N2O3S-. The molecule has 1 amide bonds. The Labute approximate surface area is 134 Å². The number of rotatable bonds is 5. The van der Waals surface area contributed by atoms with Gasteiger partial charge >= 0.3 is 0 Å². The van der Waals surface area contributed by atoms with Crippen molar-refractivity contribution in [2.75, 3.05) is 5.32 Å². The van der Waals surface area contributed by atoms with E-state index in [1.807, 2.05) is 0 Å². The number of carbonyl (C=O) groups excluding carboxylic acids is 2. The zero-order valence-corrected chi connectivity index (χ0v) is 12.9. The second-order valence-electron chi connectivity index (χ2n) is 4.08. The average molecular weight is 344 g/mol. The summed E-state index contributed by atoms with van der Waals surface area (Å²) in [5.41, 5.74) is 1.25. The molecule has 0 saturated heterocycles. The highest BCUT2D eigenvalue weighted by molar-refractivity contribution is 7.14. The lowest BCUT2D eigenvalue weighted by Crippen LogP contribution is -2.24. The summed E-state index contributed by atoms with van der Waals surface area (Å²) < 4.78 is 0. The third-order valence-corrected chi connectivity index (χ3v) is 3.83. The topological polar surface area (TPSA) is 82.1 Å².